The molecule has 2 amide bonds. The van der Waals surface area contributed by atoms with E-state index in [0.29, 0.717) is 16.2 Å². The second-order valence-electron chi connectivity index (χ2n) is 6.08. The molecule has 2 aromatic heterocycles. The quantitative estimate of drug-likeness (QED) is 0.485. The SMILES string of the molecule is N#Cc1c2c(n3c1[nH]c1ccccc13)C(=O)N(c1ccc(Cl)cc1Cl)C2=O. The van der Waals surface area contributed by atoms with Crippen molar-refractivity contribution in [3.8, 4) is 6.07 Å². The molecular formula is C19H8Cl2N4O2. The first-order valence-corrected chi connectivity index (χ1v) is 8.67. The van der Waals surface area contributed by atoms with Crippen molar-refractivity contribution in [1.29, 1.82) is 5.26 Å². The van der Waals surface area contributed by atoms with Crippen LogP contribution < -0.4 is 4.90 Å². The van der Waals surface area contributed by atoms with Crippen LogP contribution in [0.3, 0.4) is 0 Å². The lowest BCUT2D eigenvalue weighted by Gasteiger charge is -2.16. The Morgan fingerprint density at radius 3 is 2.56 bits per heavy atom. The number of amides is 2. The van der Waals surface area contributed by atoms with E-state index in [1.165, 1.54) is 12.1 Å². The number of H-pyrrole nitrogens is 1. The van der Waals surface area contributed by atoms with E-state index in [1.807, 2.05) is 24.3 Å². The van der Waals surface area contributed by atoms with Gasteiger partial charge in [0.05, 0.1) is 27.3 Å². The van der Waals surface area contributed by atoms with Gasteiger partial charge in [-0.3, -0.25) is 14.0 Å². The minimum atomic E-state index is -0.586. The average molecular weight is 395 g/mol. The topological polar surface area (TPSA) is 81.4 Å². The van der Waals surface area contributed by atoms with E-state index in [4.69, 9.17) is 23.2 Å². The van der Waals surface area contributed by atoms with Crippen LogP contribution in [-0.4, -0.2) is 21.2 Å². The zero-order chi connectivity index (χ0) is 18.9. The second kappa shape index (κ2) is 5.36. The highest BCUT2D eigenvalue weighted by Gasteiger charge is 2.44. The maximum Gasteiger partial charge on any atom is 0.283 e. The number of rotatable bonds is 1. The van der Waals surface area contributed by atoms with Crippen LogP contribution in [0.25, 0.3) is 16.7 Å². The van der Waals surface area contributed by atoms with Crippen LogP contribution in [0.2, 0.25) is 10.0 Å². The maximum atomic E-state index is 13.2. The predicted octanol–water partition coefficient (Wildman–Crippen LogP) is 4.40. The van der Waals surface area contributed by atoms with Gasteiger partial charge < -0.3 is 4.98 Å². The van der Waals surface area contributed by atoms with E-state index in [2.05, 4.69) is 11.1 Å². The van der Waals surface area contributed by atoms with Gasteiger partial charge in [-0.25, -0.2) is 4.90 Å². The number of fused-ring (bicyclic) bond motifs is 5. The Balaban J connectivity index is 1.84. The molecule has 4 aromatic rings. The van der Waals surface area contributed by atoms with Crippen molar-refractivity contribution in [3.05, 3.63) is 69.3 Å². The van der Waals surface area contributed by atoms with Crippen molar-refractivity contribution >= 4 is 57.4 Å². The summed E-state index contributed by atoms with van der Waals surface area (Å²) in [5.41, 5.74) is 2.47. The fourth-order valence-corrected chi connectivity index (χ4v) is 4.04. The number of benzene rings is 2. The summed E-state index contributed by atoms with van der Waals surface area (Å²) >= 11 is 12.1. The number of aromatic amines is 1. The van der Waals surface area contributed by atoms with Gasteiger partial charge in [-0.2, -0.15) is 5.26 Å². The van der Waals surface area contributed by atoms with Gasteiger partial charge in [-0.15, -0.1) is 0 Å². The molecule has 0 saturated carbocycles. The van der Waals surface area contributed by atoms with Gasteiger partial charge in [-0.05, 0) is 30.3 Å². The monoisotopic (exact) mass is 394 g/mol. The van der Waals surface area contributed by atoms with Crippen molar-refractivity contribution in [2.45, 2.75) is 0 Å². The molecule has 1 aliphatic rings. The number of imidazole rings is 1. The molecule has 0 aliphatic carbocycles. The number of hydrogen-bond acceptors (Lipinski definition) is 3. The number of carbonyl (C=O) groups is 2. The lowest BCUT2D eigenvalue weighted by Crippen LogP contribution is -2.30. The van der Waals surface area contributed by atoms with E-state index in [0.717, 1.165) is 10.4 Å². The van der Waals surface area contributed by atoms with Crippen molar-refractivity contribution in [3.63, 3.8) is 0 Å². The van der Waals surface area contributed by atoms with Gasteiger partial charge in [0.1, 0.15) is 23.0 Å². The molecule has 0 atom stereocenters. The Kier molecular flexibility index (Phi) is 3.17. The largest absolute Gasteiger partial charge is 0.338 e. The van der Waals surface area contributed by atoms with Crippen LogP contribution in [0.5, 0.6) is 0 Å². The van der Waals surface area contributed by atoms with Crippen LogP contribution in [0.1, 0.15) is 26.4 Å². The van der Waals surface area contributed by atoms with Crippen molar-refractivity contribution < 1.29 is 9.59 Å². The van der Waals surface area contributed by atoms with E-state index < -0.39 is 11.8 Å². The molecule has 1 N–H and O–H groups in total. The van der Waals surface area contributed by atoms with Crippen molar-refractivity contribution in [2.75, 3.05) is 4.90 Å². The number of carbonyl (C=O) groups excluding carboxylic acids is 2. The molecule has 5 rings (SSSR count). The Labute approximate surface area is 162 Å². The van der Waals surface area contributed by atoms with E-state index in [-0.39, 0.29) is 27.5 Å². The number of nitrogens with one attached hydrogen (secondary N) is 1. The Hall–Kier alpha value is -3.27. The van der Waals surface area contributed by atoms with Crippen LogP contribution >= 0.6 is 23.2 Å². The molecule has 0 radical (unpaired) electrons. The maximum absolute atomic E-state index is 13.2. The third-order valence-corrected chi connectivity index (χ3v) is 5.19. The van der Waals surface area contributed by atoms with E-state index >= 15 is 0 Å². The number of halogens is 2. The molecule has 0 bridgehead atoms. The summed E-state index contributed by atoms with van der Waals surface area (Å²) in [4.78, 5) is 30.4. The molecule has 2 aromatic carbocycles. The Morgan fingerprint density at radius 1 is 1.04 bits per heavy atom. The summed E-state index contributed by atoms with van der Waals surface area (Å²) in [6.45, 7) is 0. The highest BCUT2D eigenvalue weighted by atomic mass is 35.5. The standard InChI is InChI=1S/C19H8Cl2N4O2/c20-9-5-6-13(11(21)7-9)25-18(26)15-10(8-22)17-23-12-3-1-2-4-14(12)24(17)16(15)19(25)27/h1-7,23H. The lowest BCUT2D eigenvalue weighted by molar-refractivity contribution is 0.0924. The fourth-order valence-electron chi connectivity index (χ4n) is 3.54. The third-order valence-electron chi connectivity index (χ3n) is 4.65. The van der Waals surface area contributed by atoms with Gasteiger partial charge >= 0.3 is 0 Å². The molecule has 0 fully saturated rings. The number of imide groups is 1. The number of aromatic nitrogens is 2. The smallest absolute Gasteiger partial charge is 0.283 e. The lowest BCUT2D eigenvalue weighted by atomic mass is 10.1. The first kappa shape index (κ1) is 15.9. The van der Waals surface area contributed by atoms with Crippen molar-refractivity contribution in [2.24, 2.45) is 0 Å². The summed E-state index contributed by atoms with van der Waals surface area (Å²) in [6.07, 6.45) is 0. The number of nitriles is 1. The Bertz CT molecular complexity index is 1360. The summed E-state index contributed by atoms with van der Waals surface area (Å²) < 4.78 is 1.62. The highest BCUT2D eigenvalue weighted by molar-refractivity contribution is 6.41. The highest BCUT2D eigenvalue weighted by Crippen LogP contribution is 2.38. The Morgan fingerprint density at radius 2 is 1.81 bits per heavy atom. The summed E-state index contributed by atoms with van der Waals surface area (Å²) in [7, 11) is 0. The molecule has 0 spiro atoms. The van der Waals surface area contributed by atoms with Gasteiger partial charge in [-0.1, -0.05) is 35.3 Å². The molecule has 0 unspecified atom stereocenters. The summed E-state index contributed by atoms with van der Waals surface area (Å²) in [5, 5.41) is 10.2. The van der Waals surface area contributed by atoms with Crippen LogP contribution in [0.15, 0.2) is 42.5 Å². The van der Waals surface area contributed by atoms with E-state index in [9.17, 15) is 14.9 Å². The first-order chi connectivity index (χ1) is 13.0. The zero-order valence-electron chi connectivity index (χ0n) is 13.5. The van der Waals surface area contributed by atoms with Crippen LogP contribution in [-0.2, 0) is 0 Å². The zero-order valence-corrected chi connectivity index (χ0v) is 15.0. The van der Waals surface area contributed by atoms with E-state index in [1.54, 1.807) is 10.5 Å². The minimum Gasteiger partial charge on any atom is -0.338 e. The fraction of sp³-hybridized carbons (Fsp3) is 0. The minimum absolute atomic E-state index is 0.0746. The van der Waals surface area contributed by atoms with Crippen LogP contribution in [0.4, 0.5) is 5.69 Å². The second-order valence-corrected chi connectivity index (χ2v) is 6.92. The molecule has 8 heteroatoms. The number of para-hydroxylation sites is 2. The van der Waals surface area contributed by atoms with Gasteiger partial charge in [0.15, 0.2) is 0 Å². The number of anilines is 1. The van der Waals surface area contributed by atoms with Gasteiger partial charge in [0.25, 0.3) is 11.8 Å². The molecular weight excluding hydrogens is 387 g/mol. The average Bonchev–Trinajstić information content (AvgIpc) is 3.24. The third kappa shape index (κ3) is 1.95. The normalized spacial score (nSPS) is 13.6. The number of nitrogens with zero attached hydrogens (tertiary/aromatic N) is 3. The molecule has 3 heterocycles. The molecule has 0 saturated heterocycles. The predicted molar refractivity (Wildman–Crippen MR) is 102 cm³/mol. The van der Waals surface area contributed by atoms with Gasteiger partial charge in [0.2, 0.25) is 0 Å². The molecule has 27 heavy (non-hydrogen) atoms. The first-order valence-electron chi connectivity index (χ1n) is 7.92. The van der Waals surface area contributed by atoms with Crippen LogP contribution in [0, 0.1) is 11.3 Å². The molecule has 1 aliphatic heterocycles. The van der Waals surface area contributed by atoms with Gasteiger partial charge in [0, 0.05) is 5.02 Å². The summed E-state index contributed by atoms with van der Waals surface area (Å²) in [6, 6.07) is 13.9. The molecule has 6 nitrogen and oxygen atoms in total. The van der Waals surface area contributed by atoms with Crippen molar-refractivity contribution in [1.82, 2.24) is 9.38 Å². The number of hydrogen-bond donors (Lipinski definition) is 1. The molecule has 130 valence electrons. The summed E-state index contributed by atoms with van der Waals surface area (Å²) in [5.74, 6) is -1.13.